The maximum absolute atomic E-state index is 12.3. The van der Waals surface area contributed by atoms with Gasteiger partial charge in [0, 0.05) is 24.1 Å². The minimum absolute atomic E-state index is 0.0310. The molecule has 0 saturated carbocycles. The van der Waals surface area contributed by atoms with Gasteiger partial charge in [0.05, 0.1) is 0 Å². The van der Waals surface area contributed by atoms with Crippen molar-refractivity contribution in [3.05, 3.63) is 53.9 Å². The molecular weight excluding hydrogens is 324 g/mol. The van der Waals surface area contributed by atoms with Gasteiger partial charge in [-0.1, -0.05) is 39.0 Å². The van der Waals surface area contributed by atoms with Gasteiger partial charge in [-0.2, -0.15) is 0 Å². The van der Waals surface area contributed by atoms with E-state index in [0.717, 1.165) is 24.3 Å². The smallest absolute Gasteiger partial charge is 0.269 e. The van der Waals surface area contributed by atoms with Gasteiger partial charge >= 0.3 is 0 Å². The van der Waals surface area contributed by atoms with Gasteiger partial charge in [0.2, 0.25) is 0 Å². The van der Waals surface area contributed by atoms with Crippen molar-refractivity contribution in [2.24, 2.45) is 0 Å². The second-order valence-corrected chi connectivity index (χ2v) is 7.76. The van der Waals surface area contributed by atoms with E-state index in [1.54, 1.807) is 12.3 Å². The largest absolute Gasteiger partial charge is 0.355 e. The first-order valence-corrected chi connectivity index (χ1v) is 9.03. The summed E-state index contributed by atoms with van der Waals surface area (Å²) < 4.78 is 0. The molecule has 0 radical (unpaired) electrons. The van der Waals surface area contributed by atoms with Crippen molar-refractivity contribution < 1.29 is 4.79 Å². The van der Waals surface area contributed by atoms with Crippen LogP contribution in [-0.4, -0.2) is 43.0 Å². The summed E-state index contributed by atoms with van der Waals surface area (Å²) in [6.07, 6.45) is 2.58. The van der Waals surface area contributed by atoms with Gasteiger partial charge in [0.1, 0.15) is 5.69 Å². The van der Waals surface area contributed by atoms with Gasteiger partial charge < -0.3 is 15.5 Å². The van der Waals surface area contributed by atoms with E-state index < -0.39 is 0 Å². The Morgan fingerprint density at radius 1 is 1.15 bits per heavy atom. The number of aromatic nitrogens is 1. The van der Waals surface area contributed by atoms with Gasteiger partial charge in [-0.15, -0.1) is 0 Å². The van der Waals surface area contributed by atoms with Crippen LogP contribution >= 0.6 is 0 Å². The zero-order valence-corrected chi connectivity index (χ0v) is 16.5. The Kier molecular flexibility index (Phi) is 6.75. The zero-order valence-electron chi connectivity index (χ0n) is 16.5. The molecule has 1 aromatic heterocycles. The summed E-state index contributed by atoms with van der Waals surface area (Å²) in [7, 11) is 4.04. The number of rotatable bonds is 7. The lowest BCUT2D eigenvalue weighted by molar-refractivity contribution is 0.0947. The molecule has 2 N–H and O–H groups in total. The molecule has 5 heteroatoms. The number of hydrogen-bond acceptors (Lipinski definition) is 4. The number of anilines is 2. The van der Waals surface area contributed by atoms with Crippen molar-refractivity contribution in [2.75, 3.05) is 32.5 Å². The molecule has 0 atom stereocenters. The number of hydrogen-bond donors (Lipinski definition) is 2. The molecule has 0 saturated heterocycles. The van der Waals surface area contributed by atoms with E-state index in [9.17, 15) is 4.79 Å². The molecular formula is C21H30N4O. The fourth-order valence-electron chi connectivity index (χ4n) is 2.72. The van der Waals surface area contributed by atoms with Crippen molar-refractivity contribution in [1.29, 1.82) is 0 Å². The number of nitrogens with one attached hydrogen (secondary N) is 2. The first-order chi connectivity index (χ1) is 12.3. The summed E-state index contributed by atoms with van der Waals surface area (Å²) in [5.74, 6) is -0.142. The number of benzene rings is 1. The minimum atomic E-state index is -0.142. The fraction of sp³-hybridized carbons (Fsp3) is 0.429. The van der Waals surface area contributed by atoms with Gasteiger partial charge in [0.25, 0.3) is 5.91 Å². The second kappa shape index (κ2) is 8.81. The average molecular weight is 354 g/mol. The Morgan fingerprint density at radius 2 is 1.88 bits per heavy atom. The van der Waals surface area contributed by atoms with Gasteiger partial charge in [-0.05, 0) is 56.2 Å². The third kappa shape index (κ3) is 5.85. The SMILES string of the molecule is CN(C)CCCNC(=O)c1cc(Nc2ccccc2C(C)(C)C)ccn1. The molecule has 0 aliphatic rings. The monoisotopic (exact) mass is 354 g/mol. The molecule has 1 amide bonds. The van der Waals surface area contributed by atoms with E-state index in [4.69, 9.17) is 0 Å². The number of nitrogens with zero attached hydrogens (tertiary/aromatic N) is 2. The predicted molar refractivity (Wildman–Crippen MR) is 108 cm³/mol. The summed E-state index contributed by atoms with van der Waals surface area (Å²) >= 11 is 0. The molecule has 5 nitrogen and oxygen atoms in total. The molecule has 2 rings (SSSR count). The van der Waals surface area contributed by atoms with Crippen LogP contribution < -0.4 is 10.6 Å². The minimum Gasteiger partial charge on any atom is -0.355 e. The second-order valence-electron chi connectivity index (χ2n) is 7.76. The highest BCUT2D eigenvalue weighted by Gasteiger charge is 2.17. The van der Waals surface area contributed by atoms with Crippen molar-refractivity contribution >= 4 is 17.3 Å². The van der Waals surface area contributed by atoms with Crippen LogP contribution in [0.2, 0.25) is 0 Å². The predicted octanol–water partition coefficient (Wildman–Crippen LogP) is 3.80. The molecule has 0 spiro atoms. The molecule has 140 valence electrons. The van der Waals surface area contributed by atoms with Crippen molar-refractivity contribution in [3.63, 3.8) is 0 Å². The lowest BCUT2D eigenvalue weighted by Crippen LogP contribution is -2.27. The van der Waals surface area contributed by atoms with E-state index in [-0.39, 0.29) is 11.3 Å². The molecule has 0 aliphatic heterocycles. The molecule has 1 aromatic carbocycles. The first kappa shape index (κ1) is 19.9. The third-order valence-corrected chi connectivity index (χ3v) is 4.07. The summed E-state index contributed by atoms with van der Waals surface area (Å²) in [6.45, 7) is 8.15. The lowest BCUT2D eigenvalue weighted by Gasteiger charge is -2.23. The Labute approximate surface area is 156 Å². The van der Waals surface area contributed by atoms with Crippen LogP contribution in [-0.2, 0) is 5.41 Å². The highest BCUT2D eigenvalue weighted by atomic mass is 16.1. The van der Waals surface area contributed by atoms with E-state index in [2.05, 4.69) is 53.4 Å². The van der Waals surface area contributed by atoms with E-state index in [1.165, 1.54) is 5.56 Å². The number of pyridine rings is 1. The zero-order chi connectivity index (χ0) is 19.2. The van der Waals surface area contributed by atoms with Crippen LogP contribution in [0.5, 0.6) is 0 Å². The number of carbonyl (C=O) groups is 1. The molecule has 0 aliphatic carbocycles. The van der Waals surface area contributed by atoms with Crippen LogP contribution in [0.25, 0.3) is 0 Å². The quantitative estimate of drug-likeness (QED) is 0.743. The molecule has 26 heavy (non-hydrogen) atoms. The Morgan fingerprint density at radius 3 is 2.58 bits per heavy atom. The maximum Gasteiger partial charge on any atom is 0.269 e. The van der Waals surface area contributed by atoms with Crippen LogP contribution in [0.1, 0.15) is 43.2 Å². The Balaban J connectivity index is 2.07. The van der Waals surface area contributed by atoms with Crippen molar-refractivity contribution in [2.45, 2.75) is 32.6 Å². The van der Waals surface area contributed by atoms with Crippen LogP contribution in [0, 0.1) is 0 Å². The summed E-state index contributed by atoms with van der Waals surface area (Å²) in [4.78, 5) is 18.6. The first-order valence-electron chi connectivity index (χ1n) is 9.03. The van der Waals surface area contributed by atoms with Gasteiger partial charge in [-0.3, -0.25) is 9.78 Å². The average Bonchev–Trinajstić information content (AvgIpc) is 2.58. The fourth-order valence-corrected chi connectivity index (χ4v) is 2.72. The molecule has 0 bridgehead atoms. The van der Waals surface area contributed by atoms with Crippen LogP contribution in [0.3, 0.4) is 0 Å². The van der Waals surface area contributed by atoms with Gasteiger partial charge in [-0.25, -0.2) is 0 Å². The normalized spacial score (nSPS) is 11.5. The molecule has 2 aromatic rings. The Hall–Kier alpha value is -2.40. The maximum atomic E-state index is 12.3. The standard InChI is InChI=1S/C21H30N4O/c1-21(2,3)17-9-6-7-10-18(17)24-16-11-13-22-19(15-16)20(26)23-12-8-14-25(4)5/h6-7,9-11,13,15H,8,12,14H2,1-5H3,(H,22,24)(H,23,26). The lowest BCUT2D eigenvalue weighted by atomic mass is 9.86. The third-order valence-electron chi connectivity index (χ3n) is 4.07. The van der Waals surface area contributed by atoms with E-state index in [0.29, 0.717) is 12.2 Å². The summed E-state index contributed by atoms with van der Waals surface area (Å²) in [5, 5.41) is 6.36. The van der Waals surface area contributed by atoms with Crippen LogP contribution in [0.4, 0.5) is 11.4 Å². The van der Waals surface area contributed by atoms with Crippen molar-refractivity contribution in [3.8, 4) is 0 Å². The van der Waals surface area contributed by atoms with Crippen molar-refractivity contribution in [1.82, 2.24) is 15.2 Å². The Bertz CT molecular complexity index is 735. The van der Waals surface area contributed by atoms with Gasteiger partial charge in [0.15, 0.2) is 0 Å². The molecule has 0 fully saturated rings. The summed E-state index contributed by atoms with van der Waals surface area (Å²) in [5.41, 5.74) is 3.58. The van der Waals surface area contributed by atoms with E-state index >= 15 is 0 Å². The highest BCUT2D eigenvalue weighted by Crippen LogP contribution is 2.31. The summed E-state index contributed by atoms with van der Waals surface area (Å²) in [6, 6.07) is 11.9. The number of carbonyl (C=O) groups excluding carboxylic acids is 1. The topological polar surface area (TPSA) is 57.3 Å². The molecule has 0 unspecified atom stereocenters. The molecule has 1 heterocycles. The van der Waals surface area contributed by atoms with Crippen LogP contribution in [0.15, 0.2) is 42.6 Å². The van der Waals surface area contributed by atoms with E-state index in [1.807, 2.05) is 32.3 Å². The number of amides is 1. The highest BCUT2D eigenvalue weighted by molar-refractivity contribution is 5.93. The number of para-hydroxylation sites is 1.